The lowest BCUT2D eigenvalue weighted by molar-refractivity contribution is 0.0556. The van der Waals surface area contributed by atoms with E-state index in [9.17, 15) is 9.59 Å². The van der Waals surface area contributed by atoms with Crippen molar-refractivity contribution < 1.29 is 19.1 Å². The molecule has 6 rings (SSSR count). The molecule has 4 nitrogen and oxygen atoms in total. The molecule has 44 heavy (non-hydrogen) atoms. The van der Waals surface area contributed by atoms with Gasteiger partial charge in [0.2, 0.25) is 0 Å². The number of carbonyl (C=O) groups is 2. The Morgan fingerprint density at radius 1 is 0.545 bits per heavy atom. The molecule has 0 bridgehead atoms. The molecule has 0 N–H and O–H groups in total. The third-order valence-corrected chi connectivity index (χ3v) is 9.00. The number of methoxy groups -OCH3 is 2. The van der Waals surface area contributed by atoms with Crippen molar-refractivity contribution in [2.75, 3.05) is 14.2 Å². The molecule has 0 radical (unpaired) electrons. The number of carbonyl (C=O) groups excluding carboxylic acids is 2. The number of aryl methyl sites for hydroxylation is 2. The third kappa shape index (κ3) is 4.89. The zero-order valence-electron chi connectivity index (χ0n) is 26.0. The van der Waals surface area contributed by atoms with Crippen LogP contribution in [0.2, 0.25) is 0 Å². The molecule has 0 aromatic heterocycles. The summed E-state index contributed by atoms with van der Waals surface area (Å²) in [6.45, 7) is 4.47. The van der Waals surface area contributed by atoms with Crippen LogP contribution in [0.15, 0.2) is 84.9 Å². The summed E-state index contributed by atoms with van der Waals surface area (Å²) in [5.74, 6) is -1.09. The molecular weight excluding hydrogens is 544 g/mol. The van der Waals surface area contributed by atoms with Gasteiger partial charge < -0.3 is 9.47 Å². The number of benzene rings is 5. The Labute approximate surface area is 259 Å². The predicted octanol–water partition coefficient (Wildman–Crippen LogP) is 9.15. The van der Waals surface area contributed by atoms with Crippen LogP contribution in [0.1, 0.15) is 80.8 Å². The molecule has 0 saturated carbocycles. The Kier molecular flexibility index (Phi) is 8.34. The van der Waals surface area contributed by atoms with Gasteiger partial charge >= 0.3 is 11.9 Å². The molecule has 0 amide bonds. The minimum Gasteiger partial charge on any atom is -0.465 e. The first-order valence-electron chi connectivity index (χ1n) is 15.6. The third-order valence-electron chi connectivity index (χ3n) is 9.00. The highest BCUT2D eigenvalue weighted by Crippen LogP contribution is 2.48. The highest BCUT2D eigenvalue weighted by molar-refractivity contribution is 6.13. The summed E-state index contributed by atoms with van der Waals surface area (Å²) in [6, 6.07) is 28.7. The fraction of sp³-hybridized carbons (Fsp3) is 0.250. The van der Waals surface area contributed by atoms with Crippen LogP contribution in [0, 0.1) is 0 Å². The van der Waals surface area contributed by atoms with E-state index >= 15 is 0 Å². The maximum absolute atomic E-state index is 13.8. The minimum atomic E-state index is -0.547. The van der Waals surface area contributed by atoms with E-state index in [4.69, 9.17) is 9.47 Å². The van der Waals surface area contributed by atoms with Crippen LogP contribution >= 0.6 is 0 Å². The molecule has 1 aliphatic carbocycles. The fourth-order valence-electron chi connectivity index (χ4n) is 7.25. The highest BCUT2D eigenvalue weighted by Gasteiger charge is 2.36. The lowest BCUT2D eigenvalue weighted by Gasteiger charge is -2.32. The maximum atomic E-state index is 13.8. The van der Waals surface area contributed by atoms with Crippen molar-refractivity contribution in [2.45, 2.75) is 52.4 Å². The molecule has 0 unspecified atom stereocenters. The van der Waals surface area contributed by atoms with E-state index < -0.39 is 11.9 Å². The van der Waals surface area contributed by atoms with Gasteiger partial charge in [-0.3, -0.25) is 0 Å². The molecule has 0 atom stereocenters. The summed E-state index contributed by atoms with van der Waals surface area (Å²) in [7, 11) is 2.75. The average molecular weight is 583 g/mol. The van der Waals surface area contributed by atoms with Crippen molar-refractivity contribution >= 4 is 22.7 Å². The van der Waals surface area contributed by atoms with Gasteiger partial charge in [0, 0.05) is 11.1 Å². The van der Waals surface area contributed by atoms with E-state index in [0.717, 1.165) is 59.1 Å². The number of rotatable bonds is 8. The summed E-state index contributed by atoms with van der Waals surface area (Å²) >= 11 is 0. The molecule has 5 aromatic rings. The van der Waals surface area contributed by atoms with Gasteiger partial charge in [-0.1, -0.05) is 112 Å². The summed E-state index contributed by atoms with van der Waals surface area (Å²) in [4.78, 5) is 27.6. The monoisotopic (exact) mass is 582 g/mol. The van der Waals surface area contributed by atoms with Crippen molar-refractivity contribution in [1.29, 1.82) is 0 Å². The molecule has 0 aliphatic heterocycles. The number of fused-ring (bicyclic) bond motifs is 3. The molecule has 1 aliphatic rings. The van der Waals surface area contributed by atoms with Gasteiger partial charge in [0.15, 0.2) is 0 Å². The van der Waals surface area contributed by atoms with Gasteiger partial charge in [0.1, 0.15) is 0 Å². The molecule has 0 saturated heterocycles. The Bertz CT molecular complexity index is 1730. The van der Waals surface area contributed by atoms with Crippen molar-refractivity contribution in [3.63, 3.8) is 0 Å². The second kappa shape index (κ2) is 12.5. The molecule has 4 heteroatoms. The predicted molar refractivity (Wildman–Crippen MR) is 178 cm³/mol. The van der Waals surface area contributed by atoms with Crippen molar-refractivity contribution in [1.82, 2.24) is 0 Å². The van der Waals surface area contributed by atoms with Gasteiger partial charge in [0.25, 0.3) is 0 Å². The molecule has 0 spiro atoms. The van der Waals surface area contributed by atoms with E-state index in [0.29, 0.717) is 12.8 Å². The summed E-state index contributed by atoms with van der Waals surface area (Å²) < 4.78 is 10.8. The fourth-order valence-corrected chi connectivity index (χ4v) is 7.25. The minimum absolute atomic E-state index is 0.262. The SMILES string of the molecule is CCCc1c2c(c(CCC)c3ccccc13)Cc1c(c(-c3ccccc3)c(C(=O)OC)c(C(=O)OC)c1-c1ccccc1)C2. The quantitative estimate of drug-likeness (QED) is 0.168. The van der Waals surface area contributed by atoms with Crippen molar-refractivity contribution in [3.05, 3.63) is 129 Å². The number of hydrogen-bond acceptors (Lipinski definition) is 4. The Hall–Kier alpha value is -4.70. The van der Waals surface area contributed by atoms with Crippen LogP contribution in [0.4, 0.5) is 0 Å². The number of esters is 2. The first-order chi connectivity index (χ1) is 21.5. The van der Waals surface area contributed by atoms with Crippen LogP contribution in [-0.4, -0.2) is 26.2 Å². The van der Waals surface area contributed by atoms with E-state index in [1.807, 2.05) is 60.7 Å². The van der Waals surface area contributed by atoms with Crippen LogP contribution in [-0.2, 0) is 35.2 Å². The second-order valence-corrected chi connectivity index (χ2v) is 11.5. The summed E-state index contributed by atoms with van der Waals surface area (Å²) in [5, 5.41) is 2.65. The maximum Gasteiger partial charge on any atom is 0.339 e. The Morgan fingerprint density at radius 3 is 1.25 bits per heavy atom. The lowest BCUT2D eigenvalue weighted by atomic mass is 9.71. The van der Waals surface area contributed by atoms with E-state index in [1.54, 1.807) is 0 Å². The number of ether oxygens (including phenoxy) is 2. The smallest absolute Gasteiger partial charge is 0.339 e. The van der Waals surface area contributed by atoms with Crippen LogP contribution in [0.5, 0.6) is 0 Å². The first-order valence-corrected chi connectivity index (χ1v) is 15.6. The van der Waals surface area contributed by atoms with Crippen molar-refractivity contribution in [3.8, 4) is 22.3 Å². The van der Waals surface area contributed by atoms with Crippen LogP contribution in [0.25, 0.3) is 33.0 Å². The average Bonchev–Trinajstić information content (AvgIpc) is 3.08. The van der Waals surface area contributed by atoms with Gasteiger partial charge in [-0.15, -0.1) is 0 Å². The van der Waals surface area contributed by atoms with Gasteiger partial charge in [-0.05, 0) is 81.0 Å². The highest BCUT2D eigenvalue weighted by atomic mass is 16.5. The molecule has 0 fully saturated rings. The first kappa shape index (κ1) is 29.4. The second-order valence-electron chi connectivity index (χ2n) is 11.5. The van der Waals surface area contributed by atoms with E-state index in [2.05, 4.69) is 38.1 Å². The van der Waals surface area contributed by atoms with E-state index in [1.165, 1.54) is 47.2 Å². The van der Waals surface area contributed by atoms with E-state index in [-0.39, 0.29) is 11.1 Å². The summed E-state index contributed by atoms with van der Waals surface area (Å²) in [5.41, 5.74) is 11.4. The zero-order chi connectivity index (χ0) is 30.8. The summed E-state index contributed by atoms with van der Waals surface area (Å²) in [6.07, 6.45) is 5.34. The molecule has 0 heterocycles. The normalized spacial score (nSPS) is 12.0. The number of hydrogen-bond donors (Lipinski definition) is 0. The van der Waals surface area contributed by atoms with Gasteiger partial charge in [-0.25, -0.2) is 9.59 Å². The van der Waals surface area contributed by atoms with Crippen molar-refractivity contribution in [2.24, 2.45) is 0 Å². The Morgan fingerprint density at radius 2 is 0.909 bits per heavy atom. The molecule has 222 valence electrons. The Balaban J connectivity index is 1.81. The molecular formula is C40H38O4. The lowest BCUT2D eigenvalue weighted by Crippen LogP contribution is -2.22. The van der Waals surface area contributed by atoms with Crippen LogP contribution < -0.4 is 0 Å². The zero-order valence-corrected chi connectivity index (χ0v) is 26.0. The largest absolute Gasteiger partial charge is 0.465 e. The topological polar surface area (TPSA) is 52.6 Å². The van der Waals surface area contributed by atoms with Gasteiger partial charge in [-0.2, -0.15) is 0 Å². The standard InChI is InChI=1S/C40H38O4/c1-5-15-27-29-21-13-14-22-30(29)28(16-6-2)32-24-34-33(23-31(27)32)35(25-17-9-7-10-18-25)37(39(41)43-3)38(40(42)44-4)36(34)26-19-11-8-12-20-26/h7-14,17-22H,5-6,15-16,23-24H2,1-4H3. The molecule has 5 aromatic carbocycles. The van der Waals surface area contributed by atoms with Crippen LogP contribution in [0.3, 0.4) is 0 Å². The van der Waals surface area contributed by atoms with Gasteiger partial charge in [0.05, 0.1) is 25.3 Å².